The molecule has 3 saturated heterocycles. The zero-order valence-electron chi connectivity index (χ0n) is 44.4. The first kappa shape index (κ1) is 55.0. The molecule has 13 unspecified atom stereocenters. The molecule has 0 radical (unpaired) electrons. The number of phenolic OH excluding ortho intramolecular Hbond substituents is 3. The third kappa shape index (κ3) is 8.20. The minimum Gasteiger partial charge on any atom is -0.507 e. The Morgan fingerprint density at radius 2 is 1.69 bits per heavy atom. The fraction of sp³-hybridized carbons (Fsp3) is 0.483. The van der Waals surface area contributed by atoms with Gasteiger partial charge in [0.25, 0.3) is 11.4 Å². The van der Waals surface area contributed by atoms with Crippen molar-refractivity contribution in [3.63, 3.8) is 0 Å². The molecule has 23 nitrogen and oxygen atoms in total. The SMILES string of the molecule is O=C(O)C12C#CCC3(OC45Oc6cc7oc(-c8cc(O)c(O)c(CCO)c8)cc(=O)c7c(O)c6C(C6=C(CC7CCCC7)NC7NC8CCCC(C8)C7=C6)C=C4Cc4[nH]ccc4C#CCC3(O)C(O)C5O)C(=O)OC(O1)C(O)C(O)C2(O)O. The van der Waals surface area contributed by atoms with E-state index in [1.807, 2.05) is 0 Å². The molecule has 3 aliphatic carbocycles. The van der Waals surface area contributed by atoms with Crippen LogP contribution >= 0.6 is 0 Å². The van der Waals surface area contributed by atoms with Crippen LogP contribution in [0.25, 0.3) is 22.3 Å². The number of carbonyl (C=O) groups excluding carboxylic acids is 1. The number of rotatable bonds is 7. The summed E-state index contributed by atoms with van der Waals surface area (Å²) in [7, 11) is 0. The number of esters is 1. The number of aliphatic carboxylic acids is 1. The maximum atomic E-state index is 15.5. The van der Waals surface area contributed by atoms with Gasteiger partial charge in [-0.2, -0.15) is 0 Å². The van der Waals surface area contributed by atoms with E-state index in [1.165, 1.54) is 12.1 Å². The summed E-state index contributed by atoms with van der Waals surface area (Å²) in [6.07, 6.45) is -2.58. The van der Waals surface area contributed by atoms with Gasteiger partial charge in [0.2, 0.25) is 17.7 Å². The normalized spacial score (nSPS) is 35.0. The Labute approximate surface area is 472 Å². The maximum absolute atomic E-state index is 15.5. The number of allylic oxidation sites excluding steroid dienone is 4. The largest absolute Gasteiger partial charge is 0.507 e. The van der Waals surface area contributed by atoms with E-state index < -0.39 is 119 Å². The molecule has 5 fully saturated rings. The molecule has 0 amide bonds. The lowest BCUT2D eigenvalue weighted by atomic mass is 9.67. The van der Waals surface area contributed by atoms with Gasteiger partial charge in [-0.15, -0.1) is 0 Å². The quantitative estimate of drug-likeness (QED) is 0.0406. The second-order valence-corrected chi connectivity index (χ2v) is 23.4. The number of carbonyl (C=O) groups is 2. The predicted molar refractivity (Wildman–Crippen MR) is 285 cm³/mol. The first-order chi connectivity index (χ1) is 39.6. The van der Waals surface area contributed by atoms with Crippen molar-refractivity contribution in [2.24, 2.45) is 11.8 Å². The smallest absolute Gasteiger partial charge is 0.354 e. The number of dihydropyridines is 1. The number of fused-ring (bicyclic) bond motifs is 10. The summed E-state index contributed by atoms with van der Waals surface area (Å²) >= 11 is 0. The average Bonchev–Trinajstić information content (AvgIpc) is 1.92. The molecule has 2 spiro atoms. The van der Waals surface area contributed by atoms with Crippen molar-refractivity contribution in [1.29, 1.82) is 0 Å². The molecule has 7 aliphatic heterocycles. The first-order valence-electron chi connectivity index (χ1n) is 27.9. The highest BCUT2D eigenvalue weighted by molar-refractivity contribution is 5.90. The molecular formula is C60H61N3O20. The summed E-state index contributed by atoms with van der Waals surface area (Å²) in [5.41, 5.74) is -7.96. The number of aliphatic hydroxyl groups is 8. The molecule has 15 N–H and O–H groups in total. The Morgan fingerprint density at radius 1 is 0.892 bits per heavy atom. The van der Waals surface area contributed by atoms with Crippen molar-refractivity contribution in [2.45, 2.75) is 161 Å². The summed E-state index contributed by atoms with van der Waals surface area (Å²) in [5.74, 6) is -3.87. The monoisotopic (exact) mass is 1140 g/mol. The van der Waals surface area contributed by atoms with Crippen molar-refractivity contribution in [2.75, 3.05) is 6.61 Å². The molecule has 14 rings (SSSR count). The van der Waals surface area contributed by atoms with E-state index in [0.29, 0.717) is 23.3 Å². The molecule has 2 saturated carbocycles. The van der Waals surface area contributed by atoms with Crippen molar-refractivity contribution < 1.29 is 94.2 Å². The van der Waals surface area contributed by atoms with Gasteiger partial charge in [0.15, 0.2) is 23.0 Å². The lowest BCUT2D eigenvalue weighted by Crippen LogP contribution is -2.80. The molecule has 4 aromatic rings. The molecule has 9 heterocycles. The molecule has 10 aliphatic rings. The van der Waals surface area contributed by atoms with Gasteiger partial charge in [0.05, 0.1) is 12.6 Å². The number of hydrogen-bond donors (Lipinski definition) is 15. The number of aromatic hydroxyl groups is 3. The van der Waals surface area contributed by atoms with Crippen LogP contribution in [-0.2, 0) is 36.6 Å². The van der Waals surface area contributed by atoms with Gasteiger partial charge in [0, 0.05) is 89.0 Å². The van der Waals surface area contributed by atoms with E-state index in [-0.39, 0.29) is 81.6 Å². The van der Waals surface area contributed by atoms with Gasteiger partial charge in [-0.3, -0.25) is 10.1 Å². The van der Waals surface area contributed by atoms with Crippen LogP contribution in [0.3, 0.4) is 0 Å². The zero-order valence-corrected chi connectivity index (χ0v) is 44.4. The van der Waals surface area contributed by atoms with Gasteiger partial charge < -0.3 is 94.9 Å². The molecule has 13 atom stereocenters. The second kappa shape index (κ2) is 19.7. The third-order valence-electron chi connectivity index (χ3n) is 18.7. The molecule has 23 heteroatoms. The number of piperidine rings is 1. The molecular weight excluding hydrogens is 1080 g/mol. The number of aromatic amines is 1. The average molecular weight is 1140 g/mol. The summed E-state index contributed by atoms with van der Waals surface area (Å²) in [5, 5.41) is 146. The number of H-pyrrole nitrogens is 1. The zero-order chi connectivity index (χ0) is 58.3. The van der Waals surface area contributed by atoms with Gasteiger partial charge in [0.1, 0.15) is 52.1 Å². The fourth-order valence-corrected chi connectivity index (χ4v) is 14.2. The molecule has 2 aromatic heterocycles. The van der Waals surface area contributed by atoms with E-state index in [9.17, 15) is 70.9 Å². The lowest BCUT2D eigenvalue weighted by molar-refractivity contribution is -0.399. The Morgan fingerprint density at radius 3 is 2.46 bits per heavy atom. The highest BCUT2D eigenvalue weighted by Gasteiger charge is 2.76. The Kier molecular flexibility index (Phi) is 13.0. The van der Waals surface area contributed by atoms with Gasteiger partial charge in [-0.25, -0.2) is 9.59 Å². The van der Waals surface area contributed by atoms with Crippen LogP contribution in [0.1, 0.15) is 98.9 Å². The lowest BCUT2D eigenvalue weighted by Gasteiger charge is -2.57. The number of phenols is 3. The minimum atomic E-state index is -3.90. The minimum absolute atomic E-state index is 0.0683. The second-order valence-electron chi connectivity index (χ2n) is 23.4. The number of nitrogens with one attached hydrogen (secondary N) is 3. The van der Waals surface area contributed by atoms with E-state index in [2.05, 4.69) is 45.4 Å². The number of aliphatic hydroxyl groups excluding tert-OH is 5. The standard InChI is InChI=1S/C60H61N3O20/c64-17-12-30-19-31(21-40(66)46(30)67)41-25-39(65)45-42(79-41)26-43-44(47(45)68)36(35-24-34-29-8-3-10-33(20-29)62-52(34)63-38(35)18-27-6-1-2-7-27)22-32-23-37-28(11-16-61-37)9-4-13-56(76)50(71)51(72)59(32,81-43)83-58(56)15-5-14-57(54(73)74)60(77,78)49(70)48(69)53(82-57)80-55(58)75/h11,16,19,21-22,24-27,29,33,36,48-53,61-64,66-72,76-78H,1-3,6-8,10,12-13,15,17-18,20,23H2,(H,73,74). The summed E-state index contributed by atoms with van der Waals surface area (Å²) in [6.45, 7) is -0.421. The summed E-state index contributed by atoms with van der Waals surface area (Å²) in [6, 6.07) is 6.70. The predicted octanol–water partition coefficient (Wildman–Crippen LogP) is 1.14. The number of carboxylic acid groups (broad SMARTS) is 1. The highest BCUT2D eigenvalue weighted by atomic mass is 16.8. The molecule has 6 bridgehead atoms. The highest BCUT2D eigenvalue weighted by Crippen LogP contribution is 2.58. The topological polar surface area (TPSA) is 384 Å². The summed E-state index contributed by atoms with van der Waals surface area (Å²) < 4.78 is 31.7. The van der Waals surface area contributed by atoms with E-state index in [4.69, 9.17) is 23.4 Å². The molecule has 83 heavy (non-hydrogen) atoms. The van der Waals surface area contributed by atoms with Crippen molar-refractivity contribution >= 4 is 22.9 Å². The fourth-order valence-electron chi connectivity index (χ4n) is 14.2. The maximum Gasteiger partial charge on any atom is 0.354 e. The Balaban J connectivity index is 1.10. The Bertz CT molecular complexity index is 3700. The van der Waals surface area contributed by atoms with Crippen molar-refractivity contribution in [3.05, 3.63) is 104 Å². The first-order valence-corrected chi connectivity index (χ1v) is 27.9. The van der Waals surface area contributed by atoms with E-state index in [1.54, 1.807) is 18.3 Å². The van der Waals surface area contributed by atoms with Gasteiger partial charge in [-0.1, -0.05) is 62.0 Å². The van der Waals surface area contributed by atoms with Gasteiger partial charge in [-0.05, 0) is 79.2 Å². The van der Waals surface area contributed by atoms with Crippen LogP contribution in [0.4, 0.5) is 0 Å². The number of aromatic nitrogens is 1. The van der Waals surface area contributed by atoms with Crippen molar-refractivity contribution in [1.82, 2.24) is 15.6 Å². The number of benzene rings is 2. The van der Waals surface area contributed by atoms with E-state index >= 15 is 4.79 Å². The van der Waals surface area contributed by atoms with Crippen LogP contribution in [0, 0.1) is 35.5 Å². The third-order valence-corrected chi connectivity index (χ3v) is 18.7. The van der Waals surface area contributed by atoms with Crippen LogP contribution in [0.5, 0.6) is 23.0 Å². The Hall–Kier alpha value is -7.23. The number of carboxylic acids is 1. The number of ether oxygens (including phenoxy) is 4. The molecule has 436 valence electrons. The number of hydrogen-bond acceptors (Lipinski definition) is 21. The van der Waals surface area contributed by atoms with Crippen LogP contribution < -0.4 is 20.8 Å². The van der Waals surface area contributed by atoms with E-state index in [0.717, 1.165) is 74.8 Å². The van der Waals surface area contributed by atoms with Crippen LogP contribution in [-0.4, -0.2) is 156 Å². The van der Waals surface area contributed by atoms with Crippen LogP contribution in [0.15, 0.2) is 80.3 Å². The van der Waals surface area contributed by atoms with Crippen molar-refractivity contribution in [3.8, 4) is 58.0 Å². The van der Waals surface area contributed by atoms with Gasteiger partial charge >= 0.3 is 11.9 Å². The summed E-state index contributed by atoms with van der Waals surface area (Å²) in [4.78, 5) is 46.6. The van der Waals surface area contributed by atoms with Crippen LogP contribution in [0.2, 0.25) is 0 Å². The molecule has 2 aromatic carbocycles.